The summed E-state index contributed by atoms with van der Waals surface area (Å²) in [5, 5.41) is 7.70. The second-order valence-electron chi connectivity index (χ2n) is 6.61. The second-order valence-corrected chi connectivity index (χ2v) is 6.61. The first-order chi connectivity index (χ1) is 14.0. The molecule has 8 heteroatoms. The van der Waals surface area contributed by atoms with Crippen molar-refractivity contribution < 1.29 is 13.9 Å². The summed E-state index contributed by atoms with van der Waals surface area (Å²) < 4.78 is 20.7. The molecule has 0 saturated heterocycles. The minimum Gasteiger partial charge on any atom is -0.494 e. The maximum atomic E-state index is 13.3. The number of ether oxygens (including phenoxy) is 1. The number of anilines is 1. The van der Waals surface area contributed by atoms with Gasteiger partial charge in [0.2, 0.25) is 11.9 Å². The molecule has 4 rings (SSSR count). The Kier molecular flexibility index (Phi) is 4.75. The molecular weight excluding hydrogens is 373 g/mol. The van der Waals surface area contributed by atoms with Crippen molar-refractivity contribution >= 4 is 11.9 Å². The molecule has 1 aromatic heterocycles. The van der Waals surface area contributed by atoms with E-state index in [0.717, 1.165) is 5.56 Å². The average molecular weight is 393 g/mol. The number of halogens is 1. The smallest absolute Gasteiger partial charge is 0.248 e. The number of carbonyl (C=O) groups excluding carboxylic acids is 1. The van der Waals surface area contributed by atoms with Gasteiger partial charge in [-0.15, -0.1) is 5.10 Å². The third-order valence-corrected chi connectivity index (χ3v) is 4.73. The summed E-state index contributed by atoms with van der Waals surface area (Å²) in [6.07, 6.45) is 0. The minimum absolute atomic E-state index is 0.340. The van der Waals surface area contributed by atoms with Gasteiger partial charge >= 0.3 is 0 Å². The molecule has 1 aliphatic rings. The van der Waals surface area contributed by atoms with Gasteiger partial charge in [-0.25, -0.2) is 9.07 Å². The zero-order valence-corrected chi connectivity index (χ0v) is 16.0. The molecule has 1 aliphatic heterocycles. The van der Waals surface area contributed by atoms with E-state index < -0.39 is 11.9 Å². The van der Waals surface area contributed by atoms with Crippen molar-refractivity contribution in [2.75, 3.05) is 11.9 Å². The number of nitrogens with one attached hydrogen (secondary N) is 1. The molecule has 1 amide bonds. The monoisotopic (exact) mass is 393 g/mol. The van der Waals surface area contributed by atoms with E-state index in [2.05, 4.69) is 15.4 Å². The van der Waals surface area contributed by atoms with E-state index >= 15 is 0 Å². The normalized spacial score (nSPS) is 15.6. The standard InChI is InChI=1S/C21H20FN5O2/c1-3-29-16-7-5-4-6-15(16)18-17(19(23)28)12(2)24-21-25-20(26-27(18)21)13-8-10-14(22)11-9-13/h4-11,18H,3H2,1-2H3,(H2,23,28)(H,24,25,26). The number of allylic oxidation sites excluding steroid dienone is 1. The first-order valence-electron chi connectivity index (χ1n) is 9.21. The Morgan fingerprint density at radius 3 is 2.66 bits per heavy atom. The highest BCUT2D eigenvalue weighted by Gasteiger charge is 2.35. The number of aromatic nitrogens is 3. The highest BCUT2D eigenvalue weighted by Crippen LogP contribution is 2.39. The Balaban J connectivity index is 1.89. The van der Waals surface area contributed by atoms with Crippen LogP contribution in [0.4, 0.5) is 10.3 Å². The van der Waals surface area contributed by atoms with Crippen LogP contribution in [0.25, 0.3) is 11.4 Å². The Hall–Kier alpha value is -3.68. The Bertz CT molecular complexity index is 1100. The summed E-state index contributed by atoms with van der Waals surface area (Å²) in [7, 11) is 0. The van der Waals surface area contributed by atoms with Crippen LogP contribution in [0.2, 0.25) is 0 Å². The molecule has 2 heterocycles. The van der Waals surface area contributed by atoms with Crippen LogP contribution >= 0.6 is 0 Å². The number of nitrogens with two attached hydrogens (primary N) is 1. The molecular formula is C21H20FN5O2. The predicted molar refractivity (Wildman–Crippen MR) is 107 cm³/mol. The summed E-state index contributed by atoms with van der Waals surface area (Å²) in [6, 6.07) is 12.8. The van der Waals surface area contributed by atoms with E-state index in [4.69, 9.17) is 10.5 Å². The highest BCUT2D eigenvalue weighted by atomic mass is 19.1. The van der Waals surface area contributed by atoms with E-state index in [1.165, 1.54) is 12.1 Å². The Labute approximate surface area is 167 Å². The largest absolute Gasteiger partial charge is 0.494 e. The third-order valence-electron chi connectivity index (χ3n) is 4.73. The van der Waals surface area contributed by atoms with Gasteiger partial charge in [-0.1, -0.05) is 18.2 Å². The van der Waals surface area contributed by atoms with Crippen molar-refractivity contribution in [2.24, 2.45) is 5.73 Å². The molecule has 1 atom stereocenters. The lowest BCUT2D eigenvalue weighted by molar-refractivity contribution is -0.115. The molecule has 0 fully saturated rings. The average Bonchev–Trinajstić information content (AvgIpc) is 3.11. The lowest BCUT2D eigenvalue weighted by Gasteiger charge is -2.28. The summed E-state index contributed by atoms with van der Waals surface area (Å²) in [5.41, 5.74) is 8.10. The topological polar surface area (TPSA) is 95.1 Å². The number of hydrogen-bond donors (Lipinski definition) is 2. The van der Waals surface area contributed by atoms with Crippen LogP contribution in [0.3, 0.4) is 0 Å². The SMILES string of the molecule is CCOc1ccccc1C1C(C(N)=O)=C(C)Nc2nc(-c3ccc(F)cc3)nn21. The van der Waals surface area contributed by atoms with Crippen LogP contribution in [0.5, 0.6) is 5.75 Å². The first-order valence-corrected chi connectivity index (χ1v) is 9.21. The third kappa shape index (κ3) is 3.33. The van der Waals surface area contributed by atoms with Gasteiger partial charge in [-0.2, -0.15) is 4.98 Å². The number of primary amides is 1. The Morgan fingerprint density at radius 2 is 1.97 bits per heavy atom. The van der Waals surface area contributed by atoms with Gasteiger partial charge in [0.15, 0.2) is 5.82 Å². The van der Waals surface area contributed by atoms with Crippen molar-refractivity contribution in [1.29, 1.82) is 0 Å². The summed E-state index contributed by atoms with van der Waals surface area (Å²) >= 11 is 0. The van der Waals surface area contributed by atoms with Crippen LogP contribution in [0.15, 0.2) is 59.8 Å². The molecule has 7 nitrogen and oxygen atoms in total. The van der Waals surface area contributed by atoms with Crippen molar-refractivity contribution in [2.45, 2.75) is 19.9 Å². The zero-order valence-electron chi connectivity index (χ0n) is 16.0. The van der Waals surface area contributed by atoms with Crippen LogP contribution in [-0.4, -0.2) is 27.3 Å². The molecule has 0 bridgehead atoms. The van der Waals surface area contributed by atoms with Crippen molar-refractivity contribution in [1.82, 2.24) is 14.8 Å². The van der Waals surface area contributed by atoms with Gasteiger partial charge in [0.1, 0.15) is 17.6 Å². The predicted octanol–water partition coefficient (Wildman–Crippen LogP) is 3.26. The fourth-order valence-corrected chi connectivity index (χ4v) is 3.47. The fraction of sp³-hybridized carbons (Fsp3) is 0.190. The van der Waals surface area contributed by atoms with Gasteiger partial charge in [0.05, 0.1) is 12.2 Å². The molecule has 29 heavy (non-hydrogen) atoms. The van der Waals surface area contributed by atoms with E-state index in [-0.39, 0.29) is 5.82 Å². The van der Waals surface area contributed by atoms with Crippen LogP contribution in [0, 0.1) is 5.82 Å². The number of fused-ring (bicyclic) bond motifs is 1. The molecule has 0 radical (unpaired) electrons. The van der Waals surface area contributed by atoms with Crippen LogP contribution in [-0.2, 0) is 4.79 Å². The van der Waals surface area contributed by atoms with Gasteiger partial charge in [0, 0.05) is 16.8 Å². The number of benzene rings is 2. The molecule has 2 aromatic carbocycles. The van der Waals surface area contributed by atoms with E-state index in [9.17, 15) is 9.18 Å². The molecule has 3 aromatic rings. The molecule has 0 saturated carbocycles. The number of nitrogens with zero attached hydrogens (tertiary/aromatic N) is 3. The minimum atomic E-state index is -0.604. The molecule has 1 unspecified atom stereocenters. The van der Waals surface area contributed by atoms with Crippen molar-refractivity contribution in [3.63, 3.8) is 0 Å². The van der Waals surface area contributed by atoms with Crippen LogP contribution in [0.1, 0.15) is 25.5 Å². The lowest BCUT2D eigenvalue weighted by atomic mass is 9.94. The van der Waals surface area contributed by atoms with Crippen molar-refractivity contribution in [3.05, 3.63) is 71.2 Å². The number of carbonyl (C=O) groups is 1. The molecule has 3 N–H and O–H groups in total. The van der Waals surface area contributed by atoms with Gasteiger partial charge < -0.3 is 15.8 Å². The van der Waals surface area contributed by atoms with Gasteiger partial charge in [-0.3, -0.25) is 4.79 Å². The van der Waals surface area contributed by atoms with Crippen molar-refractivity contribution in [3.8, 4) is 17.1 Å². The van der Waals surface area contributed by atoms with E-state index in [1.54, 1.807) is 23.7 Å². The zero-order chi connectivity index (χ0) is 20.5. The molecule has 148 valence electrons. The maximum absolute atomic E-state index is 13.3. The highest BCUT2D eigenvalue weighted by molar-refractivity contribution is 5.95. The van der Waals surface area contributed by atoms with Gasteiger partial charge in [0.25, 0.3) is 0 Å². The fourth-order valence-electron chi connectivity index (χ4n) is 3.47. The quantitative estimate of drug-likeness (QED) is 0.694. The number of hydrogen-bond acceptors (Lipinski definition) is 5. The number of rotatable bonds is 5. The van der Waals surface area contributed by atoms with E-state index in [0.29, 0.717) is 41.0 Å². The molecule has 0 spiro atoms. The second kappa shape index (κ2) is 7.38. The number of amides is 1. The van der Waals surface area contributed by atoms with Gasteiger partial charge in [-0.05, 0) is 44.2 Å². The first kappa shape index (κ1) is 18.7. The number of para-hydroxylation sites is 1. The summed E-state index contributed by atoms with van der Waals surface area (Å²) in [5.74, 6) is 0.606. The van der Waals surface area contributed by atoms with Crippen LogP contribution < -0.4 is 15.8 Å². The maximum Gasteiger partial charge on any atom is 0.248 e. The Morgan fingerprint density at radius 1 is 1.24 bits per heavy atom. The summed E-state index contributed by atoms with van der Waals surface area (Å²) in [4.78, 5) is 16.9. The van der Waals surface area contributed by atoms with E-state index in [1.807, 2.05) is 31.2 Å². The summed E-state index contributed by atoms with van der Waals surface area (Å²) in [6.45, 7) is 4.14. The lowest BCUT2D eigenvalue weighted by Crippen LogP contribution is -2.32. The molecule has 0 aliphatic carbocycles.